The molecule has 2 aromatic carbocycles. The van der Waals surface area contributed by atoms with E-state index in [2.05, 4.69) is 15.6 Å². The van der Waals surface area contributed by atoms with Crippen LogP contribution in [0.15, 0.2) is 54.7 Å². The highest BCUT2D eigenvalue weighted by molar-refractivity contribution is 6.72. The number of nitro benzene ring substituents is 1. The normalized spacial score (nSPS) is 25.4. The quantitative estimate of drug-likeness (QED) is 0.190. The van der Waals surface area contributed by atoms with Crippen molar-refractivity contribution < 1.29 is 23.7 Å². The number of aliphatic hydroxyl groups is 1. The number of non-ortho nitro benzene ring substituents is 1. The van der Waals surface area contributed by atoms with Crippen LogP contribution in [0.2, 0.25) is 18.6 Å². The minimum atomic E-state index is -3.35. The standard InChI is InChI=1S/C26H30FN5O5Si/c1-16-24(38(2,3)27)23(37-26(16)20-13-18(32(35)36)9-10-21(20)28-25(26)34)11-12-31-14-22(29-30-31)19(15-33)17-7-5-4-6-8-17/h4-10,13-14,16,19,23-24,33H,11-12,15H2,1-3H3,(H,28,34)/t16-,19?,23+,24-,26+/m0/s1. The molecule has 2 aliphatic rings. The summed E-state index contributed by atoms with van der Waals surface area (Å²) in [5.74, 6) is -1.29. The molecule has 2 N–H and O–H groups in total. The molecule has 3 aromatic rings. The van der Waals surface area contributed by atoms with Gasteiger partial charge in [-0.2, -0.15) is 0 Å². The van der Waals surface area contributed by atoms with E-state index in [1.54, 1.807) is 30.9 Å². The van der Waals surface area contributed by atoms with Crippen LogP contribution in [0.1, 0.15) is 36.1 Å². The first-order chi connectivity index (χ1) is 18.1. The number of carbonyl (C=O) groups is 1. The Morgan fingerprint density at radius 3 is 2.68 bits per heavy atom. The van der Waals surface area contributed by atoms with Crippen LogP contribution in [0.4, 0.5) is 15.5 Å². The molecule has 0 saturated carbocycles. The summed E-state index contributed by atoms with van der Waals surface area (Å²) >= 11 is 0. The number of aliphatic hydroxyl groups excluding tert-OH is 1. The highest BCUT2D eigenvalue weighted by Crippen LogP contribution is 2.59. The second-order valence-corrected chi connectivity index (χ2v) is 14.3. The molecule has 5 rings (SSSR count). The first kappa shape index (κ1) is 26.1. The van der Waals surface area contributed by atoms with E-state index in [1.165, 1.54) is 18.2 Å². The van der Waals surface area contributed by atoms with Gasteiger partial charge in [-0.15, -0.1) is 5.10 Å². The third-order valence-electron chi connectivity index (χ3n) is 7.85. The monoisotopic (exact) mass is 539 g/mol. The topological polar surface area (TPSA) is 132 Å². The highest BCUT2D eigenvalue weighted by Gasteiger charge is 2.65. The fraction of sp³-hybridized carbons (Fsp3) is 0.423. The smallest absolute Gasteiger partial charge is 0.269 e. The average molecular weight is 540 g/mol. The number of carbonyl (C=O) groups excluding carboxylic acids is 1. The number of nitro groups is 1. The lowest BCUT2D eigenvalue weighted by molar-refractivity contribution is -0.385. The lowest BCUT2D eigenvalue weighted by Crippen LogP contribution is -2.41. The van der Waals surface area contributed by atoms with Gasteiger partial charge in [0.15, 0.2) is 5.60 Å². The lowest BCUT2D eigenvalue weighted by atomic mass is 9.82. The van der Waals surface area contributed by atoms with Crippen molar-refractivity contribution in [3.63, 3.8) is 0 Å². The maximum atomic E-state index is 15.8. The second kappa shape index (κ2) is 9.68. The van der Waals surface area contributed by atoms with E-state index in [4.69, 9.17) is 4.74 Å². The number of aromatic nitrogens is 3. The van der Waals surface area contributed by atoms with Gasteiger partial charge in [0.1, 0.15) is 0 Å². The van der Waals surface area contributed by atoms with Gasteiger partial charge in [-0.1, -0.05) is 42.5 Å². The number of amides is 1. The Morgan fingerprint density at radius 1 is 1.29 bits per heavy atom. The van der Waals surface area contributed by atoms with Gasteiger partial charge in [0.05, 0.1) is 29.2 Å². The number of halogens is 1. The fourth-order valence-corrected chi connectivity index (χ4v) is 8.68. The SMILES string of the molecule is C[C@H]1[C@H]([Si](C)(C)F)[C@@H](CCn2cc(C(CO)c3ccccc3)nn2)O[C@]12C(=O)Nc1ccc([N+](=O)[O-])cc12. The molecule has 200 valence electrons. The van der Waals surface area contributed by atoms with Gasteiger partial charge in [0.2, 0.25) is 8.41 Å². The summed E-state index contributed by atoms with van der Waals surface area (Å²) in [6.07, 6.45) is 1.52. The first-order valence-corrected chi connectivity index (χ1v) is 15.5. The minimum Gasteiger partial charge on any atom is -0.395 e. The molecule has 12 heteroatoms. The summed E-state index contributed by atoms with van der Waals surface area (Å²) in [6, 6.07) is 13.7. The van der Waals surface area contributed by atoms with Crippen LogP contribution in [-0.2, 0) is 21.7 Å². The molecule has 0 radical (unpaired) electrons. The van der Waals surface area contributed by atoms with Gasteiger partial charge >= 0.3 is 0 Å². The zero-order valence-corrected chi connectivity index (χ0v) is 22.4. The summed E-state index contributed by atoms with van der Waals surface area (Å²) in [5, 5.41) is 32.7. The minimum absolute atomic E-state index is 0.126. The van der Waals surface area contributed by atoms with Crippen LogP contribution in [0.25, 0.3) is 0 Å². The molecule has 38 heavy (non-hydrogen) atoms. The molecule has 1 spiro atoms. The molecule has 10 nitrogen and oxygen atoms in total. The van der Waals surface area contributed by atoms with Gasteiger partial charge in [0, 0.05) is 47.6 Å². The number of rotatable bonds is 8. The molecular formula is C26H30FN5O5Si. The third-order valence-corrected chi connectivity index (χ3v) is 10.3. The zero-order valence-electron chi connectivity index (χ0n) is 21.4. The van der Waals surface area contributed by atoms with Gasteiger partial charge in [-0.25, -0.2) is 0 Å². The number of anilines is 1. The Morgan fingerprint density at radius 2 is 2.03 bits per heavy atom. The number of nitrogens with one attached hydrogen (secondary N) is 1. The number of aryl methyl sites for hydroxylation is 1. The fourth-order valence-electron chi connectivity index (χ4n) is 6.13. The van der Waals surface area contributed by atoms with Crippen molar-refractivity contribution in [1.82, 2.24) is 15.0 Å². The number of benzene rings is 2. The number of ether oxygens (including phenoxy) is 1. The second-order valence-electron chi connectivity index (χ2n) is 10.6. The van der Waals surface area contributed by atoms with Crippen LogP contribution < -0.4 is 5.32 Å². The van der Waals surface area contributed by atoms with Gasteiger partial charge in [-0.3, -0.25) is 19.6 Å². The number of hydrogen-bond acceptors (Lipinski definition) is 7. The Balaban J connectivity index is 1.42. The van der Waals surface area contributed by atoms with Crippen molar-refractivity contribution in [3.8, 4) is 0 Å². The lowest BCUT2D eigenvalue weighted by Gasteiger charge is -2.30. The Hall–Kier alpha value is -3.48. The van der Waals surface area contributed by atoms with Crippen LogP contribution >= 0.6 is 0 Å². The Kier molecular flexibility index (Phi) is 6.66. The predicted molar refractivity (Wildman–Crippen MR) is 140 cm³/mol. The molecule has 1 fully saturated rings. The van der Waals surface area contributed by atoms with E-state index >= 15 is 4.11 Å². The van der Waals surface area contributed by atoms with Gasteiger partial charge in [0.25, 0.3) is 11.6 Å². The summed E-state index contributed by atoms with van der Waals surface area (Å²) in [5.41, 5.74) is 0.172. The third kappa shape index (κ3) is 4.32. The van der Waals surface area contributed by atoms with Crippen molar-refractivity contribution in [2.24, 2.45) is 5.92 Å². The number of hydrogen-bond donors (Lipinski definition) is 2. The van der Waals surface area contributed by atoms with E-state index in [9.17, 15) is 20.0 Å². The molecule has 1 amide bonds. The Bertz CT molecular complexity index is 1360. The molecule has 1 saturated heterocycles. The molecule has 1 aromatic heterocycles. The maximum Gasteiger partial charge on any atom is 0.269 e. The molecule has 2 aliphatic heterocycles. The van der Waals surface area contributed by atoms with Crippen molar-refractivity contribution >= 4 is 25.7 Å². The molecular weight excluding hydrogens is 509 g/mol. The van der Waals surface area contributed by atoms with Gasteiger partial charge in [-0.05, 0) is 31.1 Å². The Labute approximate surface area is 220 Å². The van der Waals surface area contributed by atoms with Crippen molar-refractivity contribution in [2.45, 2.75) is 56.1 Å². The zero-order chi connectivity index (χ0) is 27.2. The van der Waals surface area contributed by atoms with E-state index in [1.807, 2.05) is 30.3 Å². The summed E-state index contributed by atoms with van der Waals surface area (Å²) in [4.78, 5) is 24.3. The number of nitrogens with zero attached hydrogens (tertiary/aromatic N) is 4. The van der Waals surface area contributed by atoms with Crippen LogP contribution in [0, 0.1) is 16.0 Å². The molecule has 0 aliphatic carbocycles. The summed E-state index contributed by atoms with van der Waals surface area (Å²) in [7, 11) is -3.35. The number of fused-ring (bicyclic) bond motifs is 2. The molecule has 5 atom stereocenters. The van der Waals surface area contributed by atoms with E-state index < -0.39 is 42.4 Å². The largest absolute Gasteiger partial charge is 0.395 e. The van der Waals surface area contributed by atoms with E-state index in [0.29, 0.717) is 29.9 Å². The van der Waals surface area contributed by atoms with Crippen molar-refractivity contribution in [2.75, 3.05) is 11.9 Å². The predicted octanol–water partition coefficient (Wildman–Crippen LogP) is 4.13. The van der Waals surface area contributed by atoms with Crippen molar-refractivity contribution in [1.29, 1.82) is 0 Å². The van der Waals surface area contributed by atoms with E-state index in [0.717, 1.165) is 5.56 Å². The molecule has 0 bridgehead atoms. The molecule has 3 heterocycles. The summed E-state index contributed by atoms with van der Waals surface area (Å²) < 4.78 is 23.9. The maximum absolute atomic E-state index is 15.8. The van der Waals surface area contributed by atoms with E-state index in [-0.39, 0.29) is 18.2 Å². The van der Waals surface area contributed by atoms with Gasteiger partial charge < -0.3 is 19.3 Å². The molecule has 1 unspecified atom stereocenters. The van der Waals surface area contributed by atoms with Crippen molar-refractivity contribution in [3.05, 3.63) is 81.7 Å². The highest BCUT2D eigenvalue weighted by atomic mass is 28.4. The summed E-state index contributed by atoms with van der Waals surface area (Å²) in [6.45, 7) is 5.23. The average Bonchev–Trinajstić information content (AvgIpc) is 3.54. The van der Waals surface area contributed by atoms with Crippen LogP contribution in [0.5, 0.6) is 0 Å². The van der Waals surface area contributed by atoms with Crippen LogP contribution in [0.3, 0.4) is 0 Å². The first-order valence-electron chi connectivity index (χ1n) is 12.6. The van der Waals surface area contributed by atoms with Crippen LogP contribution in [-0.4, -0.2) is 52.0 Å².